The summed E-state index contributed by atoms with van der Waals surface area (Å²) >= 11 is 0. The van der Waals surface area contributed by atoms with Crippen molar-refractivity contribution in [2.24, 2.45) is 0 Å². The lowest BCUT2D eigenvalue weighted by Crippen LogP contribution is -2.38. The van der Waals surface area contributed by atoms with Crippen LogP contribution in [0.2, 0.25) is 0 Å². The highest BCUT2D eigenvalue weighted by Crippen LogP contribution is 2.54. The van der Waals surface area contributed by atoms with Gasteiger partial charge in [-0.25, -0.2) is 4.39 Å². The monoisotopic (exact) mass is 312 g/mol. The molecule has 0 amide bonds. The van der Waals surface area contributed by atoms with Crippen LogP contribution in [0.15, 0.2) is 36.4 Å². The Morgan fingerprint density at radius 3 is 2.87 bits per heavy atom. The maximum atomic E-state index is 14.1. The normalized spacial score (nSPS) is 26.1. The van der Waals surface area contributed by atoms with E-state index in [0.717, 1.165) is 37.0 Å². The second-order valence-electron chi connectivity index (χ2n) is 6.79. The van der Waals surface area contributed by atoms with Crippen LogP contribution in [0.4, 0.5) is 4.39 Å². The number of ether oxygens (including phenoxy) is 1. The molecule has 3 heteroatoms. The number of halogens is 1. The van der Waals surface area contributed by atoms with E-state index in [4.69, 9.17) is 4.74 Å². The molecule has 4 rings (SSSR count). The minimum atomic E-state index is -0.554. The molecule has 0 aromatic heterocycles. The SMILES string of the molecule is Cc1cccc2c1C1(c3ccc(O)c(F)c3)CCCCCC1O2. The summed E-state index contributed by atoms with van der Waals surface area (Å²) in [5.41, 5.74) is 3.02. The lowest BCUT2D eigenvalue weighted by atomic mass is 9.67. The first kappa shape index (κ1) is 14.6. The van der Waals surface area contributed by atoms with E-state index in [0.29, 0.717) is 0 Å². The molecule has 1 saturated carbocycles. The summed E-state index contributed by atoms with van der Waals surface area (Å²) in [7, 11) is 0. The lowest BCUT2D eigenvalue weighted by Gasteiger charge is -2.34. The number of hydrogen-bond donors (Lipinski definition) is 1. The quantitative estimate of drug-likeness (QED) is 0.815. The Bertz CT molecular complexity index is 755. The molecule has 0 spiro atoms. The first-order chi connectivity index (χ1) is 11.1. The molecule has 1 heterocycles. The molecule has 1 N–H and O–H groups in total. The third kappa shape index (κ3) is 2.06. The van der Waals surface area contributed by atoms with Crippen LogP contribution in [-0.2, 0) is 5.41 Å². The first-order valence-electron chi connectivity index (χ1n) is 8.38. The van der Waals surface area contributed by atoms with Crippen LogP contribution in [0.5, 0.6) is 11.5 Å². The van der Waals surface area contributed by atoms with Crippen molar-refractivity contribution in [3.05, 3.63) is 58.9 Å². The molecule has 0 bridgehead atoms. The van der Waals surface area contributed by atoms with E-state index in [9.17, 15) is 9.50 Å². The van der Waals surface area contributed by atoms with Gasteiger partial charge in [-0.15, -0.1) is 0 Å². The number of aromatic hydroxyl groups is 1. The largest absolute Gasteiger partial charge is 0.505 e. The fraction of sp³-hybridized carbons (Fsp3) is 0.400. The van der Waals surface area contributed by atoms with Crippen LogP contribution in [0.1, 0.15) is 48.8 Å². The number of benzene rings is 2. The highest BCUT2D eigenvalue weighted by atomic mass is 19.1. The number of phenolic OH excluding ortho intramolecular Hbond substituents is 1. The Balaban J connectivity index is 1.98. The van der Waals surface area contributed by atoms with E-state index in [1.54, 1.807) is 0 Å². The Kier molecular flexibility index (Phi) is 3.33. The van der Waals surface area contributed by atoms with E-state index in [1.165, 1.54) is 29.7 Å². The standard InChI is InChI=1S/C20H21FO2/c1-13-6-5-7-17-19(13)20(11-4-2-3-8-18(20)23-17)14-9-10-16(22)15(21)12-14/h5-7,9-10,12,18,22H,2-4,8,11H2,1H3. The van der Waals surface area contributed by atoms with Crippen molar-refractivity contribution in [1.82, 2.24) is 0 Å². The van der Waals surface area contributed by atoms with Gasteiger partial charge >= 0.3 is 0 Å². The van der Waals surface area contributed by atoms with Gasteiger partial charge in [0.2, 0.25) is 0 Å². The smallest absolute Gasteiger partial charge is 0.165 e. The predicted molar refractivity (Wildman–Crippen MR) is 87.5 cm³/mol. The van der Waals surface area contributed by atoms with E-state index in [-0.39, 0.29) is 17.3 Å². The van der Waals surface area contributed by atoms with Gasteiger partial charge in [0.25, 0.3) is 0 Å². The van der Waals surface area contributed by atoms with E-state index >= 15 is 0 Å². The molecular weight excluding hydrogens is 291 g/mol. The number of aryl methyl sites for hydroxylation is 1. The summed E-state index contributed by atoms with van der Waals surface area (Å²) in [6, 6.07) is 11.0. The van der Waals surface area contributed by atoms with Crippen molar-refractivity contribution >= 4 is 0 Å². The molecule has 1 fully saturated rings. The van der Waals surface area contributed by atoms with Crippen LogP contribution in [-0.4, -0.2) is 11.2 Å². The van der Waals surface area contributed by atoms with E-state index in [2.05, 4.69) is 13.0 Å². The van der Waals surface area contributed by atoms with Crippen molar-refractivity contribution in [3.8, 4) is 11.5 Å². The summed E-state index contributed by atoms with van der Waals surface area (Å²) < 4.78 is 20.4. The van der Waals surface area contributed by atoms with Crippen molar-refractivity contribution in [2.45, 2.75) is 50.5 Å². The fourth-order valence-electron chi connectivity index (χ4n) is 4.49. The third-order valence-corrected chi connectivity index (χ3v) is 5.50. The van der Waals surface area contributed by atoms with Gasteiger partial charge in [0, 0.05) is 5.56 Å². The number of hydrogen-bond acceptors (Lipinski definition) is 2. The zero-order valence-corrected chi connectivity index (χ0v) is 13.3. The highest BCUT2D eigenvalue weighted by molar-refractivity contribution is 5.56. The predicted octanol–water partition coefficient (Wildman–Crippen LogP) is 4.85. The molecule has 2 nitrogen and oxygen atoms in total. The van der Waals surface area contributed by atoms with Gasteiger partial charge in [-0.1, -0.05) is 31.0 Å². The Hall–Kier alpha value is -2.03. The molecule has 0 saturated heterocycles. The van der Waals surface area contributed by atoms with Crippen LogP contribution in [0.25, 0.3) is 0 Å². The molecule has 2 aliphatic rings. The molecule has 0 radical (unpaired) electrons. The van der Waals surface area contributed by atoms with Gasteiger partial charge in [0.1, 0.15) is 11.9 Å². The molecule has 1 aliphatic heterocycles. The fourth-order valence-corrected chi connectivity index (χ4v) is 4.49. The maximum Gasteiger partial charge on any atom is 0.165 e. The van der Waals surface area contributed by atoms with Crippen LogP contribution in [0, 0.1) is 12.7 Å². The summed E-state index contributed by atoms with van der Waals surface area (Å²) in [4.78, 5) is 0. The third-order valence-electron chi connectivity index (χ3n) is 5.50. The van der Waals surface area contributed by atoms with Gasteiger partial charge in [-0.2, -0.15) is 0 Å². The Morgan fingerprint density at radius 1 is 1.17 bits per heavy atom. The van der Waals surface area contributed by atoms with Gasteiger partial charge in [0.15, 0.2) is 11.6 Å². The first-order valence-corrected chi connectivity index (χ1v) is 8.38. The Labute approximate surface area is 135 Å². The zero-order chi connectivity index (χ0) is 16.0. The molecule has 2 aromatic carbocycles. The number of fused-ring (bicyclic) bond motifs is 3. The summed E-state index contributed by atoms with van der Waals surface area (Å²) in [5.74, 6) is 0.0894. The second-order valence-corrected chi connectivity index (χ2v) is 6.79. The topological polar surface area (TPSA) is 29.5 Å². The molecule has 2 atom stereocenters. The maximum absolute atomic E-state index is 14.1. The molecular formula is C20H21FO2. The van der Waals surface area contributed by atoms with Gasteiger partial charge in [0.05, 0.1) is 5.41 Å². The zero-order valence-electron chi connectivity index (χ0n) is 13.3. The minimum Gasteiger partial charge on any atom is -0.505 e. The molecule has 120 valence electrons. The van der Waals surface area contributed by atoms with Crippen molar-refractivity contribution in [2.75, 3.05) is 0 Å². The van der Waals surface area contributed by atoms with E-state index < -0.39 is 5.82 Å². The summed E-state index contributed by atoms with van der Waals surface area (Å²) in [6.07, 6.45) is 5.42. The van der Waals surface area contributed by atoms with Crippen molar-refractivity contribution in [3.63, 3.8) is 0 Å². The van der Waals surface area contributed by atoms with Gasteiger partial charge < -0.3 is 9.84 Å². The minimum absolute atomic E-state index is 0.0463. The molecule has 1 aliphatic carbocycles. The Morgan fingerprint density at radius 2 is 2.04 bits per heavy atom. The summed E-state index contributed by atoms with van der Waals surface area (Å²) in [5, 5.41) is 9.58. The molecule has 2 aromatic rings. The van der Waals surface area contributed by atoms with Gasteiger partial charge in [-0.3, -0.25) is 0 Å². The van der Waals surface area contributed by atoms with Crippen LogP contribution in [0.3, 0.4) is 0 Å². The van der Waals surface area contributed by atoms with Gasteiger partial charge in [-0.05, 0) is 55.5 Å². The van der Waals surface area contributed by atoms with E-state index in [1.807, 2.05) is 18.2 Å². The van der Waals surface area contributed by atoms with Crippen LogP contribution >= 0.6 is 0 Å². The molecule has 23 heavy (non-hydrogen) atoms. The highest BCUT2D eigenvalue weighted by Gasteiger charge is 2.51. The summed E-state index contributed by atoms with van der Waals surface area (Å²) in [6.45, 7) is 2.11. The average Bonchev–Trinajstić information content (AvgIpc) is 2.71. The average molecular weight is 312 g/mol. The molecule has 2 unspecified atom stereocenters. The number of rotatable bonds is 1. The van der Waals surface area contributed by atoms with Crippen molar-refractivity contribution < 1.29 is 14.2 Å². The number of phenols is 1. The van der Waals surface area contributed by atoms with Crippen molar-refractivity contribution in [1.29, 1.82) is 0 Å². The lowest BCUT2D eigenvalue weighted by molar-refractivity contribution is 0.158. The van der Waals surface area contributed by atoms with Crippen LogP contribution < -0.4 is 4.74 Å². The second kappa shape index (κ2) is 5.26.